The van der Waals surface area contributed by atoms with Gasteiger partial charge in [-0.1, -0.05) is 17.9 Å². The lowest BCUT2D eigenvalue weighted by Crippen LogP contribution is -2.37. The van der Waals surface area contributed by atoms with Crippen molar-refractivity contribution in [2.75, 3.05) is 26.2 Å². The zero-order valence-electron chi connectivity index (χ0n) is 11.5. The molecule has 21 heavy (non-hydrogen) atoms. The van der Waals surface area contributed by atoms with Crippen LogP contribution in [0.15, 0.2) is 29.2 Å². The summed E-state index contributed by atoms with van der Waals surface area (Å²) in [5, 5.41) is 2.66. The monoisotopic (exact) mass is 307 g/mol. The van der Waals surface area contributed by atoms with E-state index >= 15 is 0 Å². The second-order valence-corrected chi connectivity index (χ2v) is 6.51. The lowest BCUT2D eigenvalue weighted by Gasteiger charge is -2.18. The molecule has 112 valence electrons. The van der Waals surface area contributed by atoms with Gasteiger partial charge in [-0.3, -0.25) is 4.79 Å². The first kappa shape index (κ1) is 15.5. The van der Waals surface area contributed by atoms with Crippen molar-refractivity contribution in [2.45, 2.75) is 11.3 Å². The van der Waals surface area contributed by atoms with Gasteiger partial charge in [-0.2, -0.15) is 4.31 Å². The Morgan fingerprint density at radius 3 is 2.95 bits per heavy atom. The van der Waals surface area contributed by atoms with Crippen molar-refractivity contribution in [1.29, 1.82) is 0 Å². The highest BCUT2D eigenvalue weighted by Gasteiger charge is 2.27. The van der Waals surface area contributed by atoms with Gasteiger partial charge in [-0.05, 0) is 24.6 Å². The maximum atomic E-state index is 12.6. The highest BCUT2D eigenvalue weighted by Crippen LogP contribution is 2.17. The first-order valence-corrected chi connectivity index (χ1v) is 8.04. The second-order valence-electron chi connectivity index (χ2n) is 4.58. The van der Waals surface area contributed by atoms with E-state index in [1.165, 1.54) is 16.4 Å². The molecular formula is C14H17N3O3S. The zero-order valence-corrected chi connectivity index (χ0v) is 12.3. The van der Waals surface area contributed by atoms with E-state index in [2.05, 4.69) is 17.2 Å². The summed E-state index contributed by atoms with van der Waals surface area (Å²) in [6.45, 7) is 0.872. The normalized spacial score (nSPS) is 16.5. The molecule has 0 aromatic heterocycles. The van der Waals surface area contributed by atoms with Gasteiger partial charge in [0.1, 0.15) is 0 Å². The fraction of sp³-hybridized carbons (Fsp3) is 0.357. The van der Waals surface area contributed by atoms with Gasteiger partial charge in [0.05, 0.1) is 18.0 Å². The zero-order chi connectivity index (χ0) is 15.3. The number of hydrogen-bond donors (Lipinski definition) is 2. The van der Waals surface area contributed by atoms with Crippen molar-refractivity contribution in [3.63, 3.8) is 0 Å². The first-order chi connectivity index (χ1) is 10.0. The average Bonchev–Trinajstić information content (AvgIpc) is 2.70. The Labute approximate surface area is 124 Å². The minimum absolute atomic E-state index is 0.140. The third kappa shape index (κ3) is 3.82. The summed E-state index contributed by atoms with van der Waals surface area (Å²) in [5.74, 6) is 5.21. The molecule has 1 aliphatic heterocycles. The van der Waals surface area contributed by atoms with E-state index in [4.69, 9.17) is 5.73 Å². The molecule has 1 aromatic carbocycles. The minimum Gasteiger partial charge on any atom is -0.355 e. The lowest BCUT2D eigenvalue weighted by molar-refractivity contribution is -0.120. The highest BCUT2D eigenvalue weighted by molar-refractivity contribution is 7.89. The van der Waals surface area contributed by atoms with E-state index < -0.39 is 10.0 Å². The Kier molecular flexibility index (Phi) is 4.96. The van der Waals surface area contributed by atoms with Crippen molar-refractivity contribution in [1.82, 2.24) is 9.62 Å². The molecule has 0 atom stereocenters. The van der Waals surface area contributed by atoms with Crippen LogP contribution < -0.4 is 11.1 Å². The van der Waals surface area contributed by atoms with Crippen LogP contribution in [0.5, 0.6) is 0 Å². The molecule has 7 heteroatoms. The molecule has 0 saturated carbocycles. The highest BCUT2D eigenvalue weighted by atomic mass is 32.2. The van der Waals surface area contributed by atoms with Crippen molar-refractivity contribution in [2.24, 2.45) is 5.73 Å². The molecule has 3 N–H and O–H groups in total. The number of benzene rings is 1. The number of rotatable bonds is 2. The van der Waals surface area contributed by atoms with E-state index in [1.807, 2.05) is 0 Å². The summed E-state index contributed by atoms with van der Waals surface area (Å²) in [7, 11) is -3.69. The van der Waals surface area contributed by atoms with Gasteiger partial charge in [0, 0.05) is 18.7 Å². The third-order valence-electron chi connectivity index (χ3n) is 3.03. The quantitative estimate of drug-likeness (QED) is 0.721. The molecule has 0 bridgehead atoms. The number of hydrogen-bond acceptors (Lipinski definition) is 4. The molecule has 2 rings (SSSR count). The maximum absolute atomic E-state index is 12.6. The van der Waals surface area contributed by atoms with Crippen molar-refractivity contribution >= 4 is 15.9 Å². The Morgan fingerprint density at radius 2 is 2.19 bits per heavy atom. The Bertz CT molecular complexity index is 689. The number of sulfonamides is 1. The molecule has 0 unspecified atom stereocenters. The predicted molar refractivity (Wildman–Crippen MR) is 78.8 cm³/mol. The van der Waals surface area contributed by atoms with Crippen molar-refractivity contribution in [3.05, 3.63) is 29.8 Å². The second kappa shape index (κ2) is 6.72. The van der Waals surface area contributed by atoms with Crippen LogP contribution in [-0.4, -0.2) is 44.8 Å². The largest absolute Gasteiger partial charge is 0.355 e. The Morgan fingerprint density at radius 1 is 1.38 bits per heavy atom. The topological polar surface area (TPSA) is 92.5 Å². The SMILES string of the molecule is NCC#Cc1cccc(S(=O)(=O)N2CCCNC(=O)C2)c1. The van der Waals surface area contributed by atoms with Crippen LogP contribution in [0.2, 0.25) is 0 Å². The Balaban J connectivity index is 2.32. The van der Waals surface area contributed by atoms with Crippen LogP contribution >= 0.6 is 0 Å². The lowest BCUT2D eigenvalue weighted by atomic mass is 10.2. The van der Waals surface area contributed by atoms with Gasteiger partial charge in [0.2, 0.25) is 15.9 Å². The molecule has 1 fully saturated rings. The molecule has 1 heterocycles. The van der Waals surface area contributed by atoms with Crippen molar-refractivity contribution in [3.8, 4) is 11.8 Å². The fourth-order valence-electron chi connectivity index (χ4n) is 2.02. The molecule has 6 nitrogen and oxygen atoms in total. The van der Waals surface area contributed by atoms with Crippen LogP contribution in [-0.2, 0) is 14.8 Å². The fourth-order valence-corrected chi connectivity index (χ4v) is 3.50. The summed E-state index contributed by atoms with van der Waals surface area (Å²) in [6, 6.07) is 6.36. The van der Waals surface area contributed by atoms with E-state index in [1.54, 1.807) is 12.1 Å². The van der Waals surface area contributed by atoms with Crippen LogP contribution in [0.4, 0.5) is 0 Å². The van der Waals surface area contributed by atoms with E-state index in [9.17, 15) is 13.2 Å². The van der Waals surface area contributed by atoms with Gasteiger partial charge in [-0.25, -0.2) is 8.42 Å². The molecule has 0 aliphatic carbocycles. The summed E-state index contributed by atoms with van der Waals surface area (Å²) < 4.78 is 26.4. The van der Waals surface area contributed by atoms with Gasteiger partial charge >= 0.3 is 0 Å². The molecule has 0 radical (unpaired) electrons. The summed E-state index contributed by atoms with van der Waals surface area (Å²) in [4.78, 5) is 11.7. The average molecular weight is 307 g/mol. The Hall–Kier alpha value is -1.88. The van der Waals surface area contributed by atoms with Gasteiger partial charge < -0.3 is 11.1 Å². The van der Waals surface area contributed by atoms with Gasteiger partial charge in [-0.15, -0.1) is 0 Å². The number of carbonyl (C=O) groups excluding carboxylic acids is 1. The van der Waals surface area contributed by atoms with Crippen LogP contribution in [0, 0.1) is 11.8 Å². The standard InChI is InChI=1S/C14H17N3O3S/c15-7-2-5-12-4-1-6-13(10-12)21(19,20)17-9-3-8-16-14(18)11-17/h1,4,6,10H,3,7-9,11,15H2,(H,16,18). The van der Waals surface area contributed by atoms with Gasteiger partial charge in [0.25, 0.3) is 0 Å². The van der Waals surface area contributed by atoms with E-state index in [-0.39, 0.29) is 23.9 Å². The van der Waals surface area contributed by atoms with Crippen molar-refractivity contribution < 1.29 is 13.2 Å². The molecule has 1 aromatic rings. The number of carbonyl (C=O) groups is 1. The first-order valence-electron chi connectivity index (χ1n) is 6.60. The summed E-state index contributed by atoms with van der Waals surface area (Å²) in [5.41, 5.74) is 5.89. The maximum Gasteiger partial charge on any atom is 0.243 e. The number of nitrogens with two attached hydrogens (primary N) is 1. The smallest absolute Gasteiger partial charge is 0.243 e. The summed E-state index contributed by atoms with van der Waals surface area (Å²) >= 11 is 0. The predicted octanol–water partition coefficient (Wildman–Crippen LogP) is -0.493. The van der Waals surface area contributed by atoms with E-state index in [0.29, 0.717) is 25.1 Å². The van der Waals surface area contributed by atoms with Crippen LogP contribution in [0.1, 0.15) is 12.0 Å². The number of amides is 1. The van der Waals surface area contributed by atoms with Crippen LogP contribution in [0.3, 0.4) is 0 Å². The number of nitrogens with one attached hydrogen (secondary N) is 1. The summed E-state index contributed by atoms with van der Waals surface area (Å²) in [6.07, 6.45) is 0.595. The molecular weight excluding hydrogens is 290 g/mol. The third-order valence-corrected chi connectivity index (χ3v) is 4.87. The molecule has 0 spiro atoms. The molecule has 1 saturated heterocycles. The number of nitrogens with zero attached hydrogens (tertiary/aromatic N) is 1. The molecule has 1 amide bonds. The minimum atomic E-state index is -3.69. The van der Waals surface area contributed by atoms with E-state index in [0.717, 1.165) is 0 Å². The van der Waals surface area contributed by atoms with Gasteiger partial charge in [0.15, 0.2) is 0 Å². The van der Waals surface area contributed by atoms with Crippen LogP contribution in [0.25, 0.3) is 0 Å². The molecule has 1 aliphatic rings.